The van der Waals surface area contributed by atoms with E-state index in [4.69, 9.17) is 0 Å². The second-order valence-electron chi connectivity index (χ2n) is 1.49. The molecule has 10 heavy (non-hydrogen) atoms. The SMILES string of the molecule is Fc1[c-]c(F)cc(F)c1.[Ag+]. The van der Waals surface area contributed by atoms with Crippen molar-refractivity contribution in [2.24, 2.45) is 0 Å². The van der Waals surface area contributed by atoms with E-state index in [1.807, 2.05) is 0 Å². The van der Waals surface area contributed by atoms with Crippen LogP contribution in [0.5, 0.6) is 0 Å². The minimum Gasteiger partial charge on any atom is -0.236 e. The molecule has 0 radical (unpaired) electrons. The molecule has 0 nitrogen and oxygen atoms in total. The molecule has 0 spiro atoms. The Kier molecular flexibility index (Phi) is 3.71. The molecule has 0 fully saturated rings. The third kappa shape index (κ3) is 2.56. The van der Waals surface area contributed by atoms with E-state index in [1.165, 1.54) is 0 Å². The molecule has 4 heteroatoms. The molecule has 0 unspecified atom stereocenters. The number of hydrogen-bond acceptors (Lipinski definition) is 0. The molecule has 0 heterocycles. The Morgan fingerprint density at radius 2 is 1.40 bits per heavy atom. The second-order valence-corrected chi connectivity index (χ2v) is 1.49. The van der Waals surface area contributed by atoms with E-state index in [1.54, 1.807) is 6.07 Å². The van der Waals surface area contributed by atoms with Gasteiger partial charge in [0.15, 0.2) is 0 Å². The Balaban J connectivity index is 0.000000810. The summed E-state index contributed by atoms with van der Waals surface area (Å²) in [6.07, 6.45) is 0. The molecule has 0 aliphatic rings. The minimum absolute atomic E-state index is 0. The summed E-state index contributed by atoms with van der Waals surface area (Å²) < 4.78 is 35.7. The van der Waals surface area contributed by atoms with E-state index in [9.17, 15) is 13.2 Å². The largest absolute Gasteiger partial charge is 1.00 e. The third-order valence-corrected chi connectivity index (χ3v) is 0.768. The van der Waals surface area contributed by atoms with Crippen LogP contribution in [0.1, 0.15) is 0 Å². The van der Waals surface area contributed by atoms with Crippen LogP contribution in [0, 0.1) is 23.5 Å². The fourth-order valence-corrected chi connectivity index (χ4v) is 0.470. The van der Waals surface area contributed by atoms with Crippen molar-refractivity contribution >= 4 is 0 Å². The molecule has 0 aliphatic heterocycles. The summed E-state index contributed by atoms with van der Waals surface area (Å²) in [6.45, 7) is 0. The maximum atomic E-state index is 11.9. The van der Waals surface area contributed by atoms with Crippen molar-refractivity contribution in [1.82, 2.24) is 0 Å². The average molecular weight is 239 g/mol. The van der Waals surface area contributed by atoms with Gasteiger partial charge in [0.1, 0.15) is 0 Å². The maximum absolute atomic E-state index is 11.9. The Morgan fingerprint density at radius 1 is 1.00 bits per heavy atom. The van der Waals surface area contributed by atoms with Crippen molar-refractivity contribution < 1.29 is 35.6 Å². The number of rotatable bonds is 0. The molecule has 1 aromatic rings. The van der Waals surface area contributed by atoms with Gasteiger partial charge in [0.25, 0.3) is 0 Å². The molecule has 0 atom stereocenters. The van der Waals surface area contributed by atoms with Gasteiger partial charge in [-0.05, 0) is 0 Å². The topological polar surface area (TPSA) is 0 Å². The van der Waals surface area contributed by atoms with Crippen LogP contribution in [-0.4, -0.2) is 0 Å². The first-order valence-corrected chi connectivity index (χ1v) is 2.22. The van der Waals surface area contributed by atoms with Crippen LogP contribution in [0.4, 0.5) is 13.2 Å². The fraction of sp³-hybridized carbons (Fsp3) is 0. The minimum atomic E-state index is -1.02. The molecule has 58 valence electrons. The Bertz CT molecular complexity index is 174. The van der Waals surface area contributed by atoms with Gasteiger partial charge in [0.05, 0.1) is 0 Å². The summed E-state index contributed by atoms with van der Waals surface area (Å²) >= 11 is 0. The van der Waals surface area contributed by atoms with Crippen LogP contribution in [-0.2, 0) is 22.4 Å². The predicted octanol–water partition coefficient (Wildman–Crippen LogP) is 1.90. The molecule has 1 rings (SSSR count). The van der Waals surface area contributed by atoms with Crippen LogP contribution in [0.3, 0.4) is 0 Å². The van der Waals surface area contributed by atoms with Crippen LogP contribution in [0.25, 0.3) is 0 Å². The summed E-state index contributed by atoms with van der Waals surface area (Å²) in [5, 5.41) is 0. The van der Waals surface area contributed by atoms with Crippen LogP contribution < -0.4 is 0 Å². The normalized spacial score (nSPS) is 8.70. The Labute approximate surface area is 71.6 Å². The molecule has 0 aliphatic carbocycles. The molecule has 0 amide bonds. The van der Waals surface area contributed by atoms with Gasteiger partial charge >= 0.3 is 22.4 Å². The van der Waals surface area contributed by atoms with E-state index >= 15 is 0 Å². The monoisotopic (exact) mass is 238 g/mol. The summed E-state index contributed by atoms with van der Waals surface area (Å²) in [5.74, 6) is -2.97. The Hall–Kier alpha value is -0.250. The van der Waals surface area contributed by atoms with E-state index in [2.05, 4.69) is 0 Å². The molecule has 0 aromatic heterocycles. The van der Waals surface area contributed by atoms with Gasteiger partial charge < -0.3 is 0 Å². The predicted molar refractivity (Wildman–Crippen MR) is 25.2 cm³/mol. The number of hydrogen-bond donors (Lipinski definition) is 0. The van der Waals surface area contributed by atoms with Crippen LogP contribution in [0.2, 0.25) is 0 Å². The maximum Gasteiger partial charge on any atom is 1.00 e. The van der Waals surface area contributed by atoms with E-state index in [0.29, 0.717) is 12.1 Å². The van der Waals surface area contributed by atoms with E-state index in [-0.39, 0.29) is 22.4 Å². The fourth-order valence-electron chi connectivity index (χ4n) is 0.470. The Morgan fingerprint density at radius 3 is 1.70 bits per heavy atom. The summed E-state index contributed by atoms with van der Waals surface area (Å²) in [7, 11) is 0. The van der Waals surface area contributed by atoms with Gasteiger partial charge in [-0.15, -0.1) is 18.2 Å². The third-order valence-electron chi connectivity index (χ3n) is 0.768. The van der Waals surface area contributed by atoms with Crippen molar-refractivity contribution in [2.45, 2.75) is 0 Å². The molecule has 1 aromatic carbocycles. The van der Waals surface area contributed by atoms with Gasteiger partial charge in [-0.3, -0.25) is 0 Å². The molecule has 0 saturated heterocycles. The summed E-state index contributed by atoms with van der Waals surface area (Å²) in [4.78, 5) is 0. The first kappa shape index (κ1) is 9.75. The van der Waals surface area contributed by atoms with Gasteiger partial charge in [0.2, 0.25) is 0 Å². The quantitative estimate of drug-likeness (QED) is 0.479. The molecule has 0 N–H and O–H groups in total. The average Bonchev–Trinajstić information content (AvgIpc) is 1.59. The number of benzene rings is 1. The zero-order valence-corrected chi connectivity index (χ0v) is 6.07. The van der Waals surface area contributed by atoms with Crippen LogP contribution in [0.15, 0.2) is 12.1 Å². The standard InChI is InChI=1S/C6H2F3.Ag/c7-4-1-5(8)3-6(9)2-4;/h1-2H;/q-1;+1. The second kappa shape index (κ2) is 3.81. The van der Waals surface area contributed by atoms with Crippen molar-refractivity contribution in [1.29, 1.82) is 0 Å². The molecular formula is C6H2AgF3. The smallest absolute Gasteiger partial charge is 0.236 e. The zero-order chi connectivity index (χ0) is 6.85. The van der Waals surface area contributed by atoms with Gasteiger partial charge in [-0.25, -0.2) is 13.2 Å². The summed E-state index contributed by atoms with van der Waals surface area (Å²) in [6, 6.07) is 2.75. The van der Waals surface area contributed by atoms with E-state index in [0.717, 1.165) is 0 Å². The molecule has 0 saturated carbocycles. The van der Waals surface area contributed by atoms with Gasteiger partial charge in [-0.1, -0.05) is 0 Å². The van der Waals surface area contributed by atoms with Crippen molar-refractivity contribution in [3.05, 3.63) is 35.7 Å². The molecule has 0 bridgehead atoms. The van der Waals surface area contributed by atoms with E-state index < -0.39 is 17.5 Å². The van der Waals surface area contributed by atoms with Crippen molar-refractivity contribution in [3.63, 3.8) is 0 Å². The zero-order valence-electron chi connectivity index (χ0n) is 4.59. The number of halogens is 3. The van der Waals surface area contributed by atoms with Crippen molar-refractivity contribution in [2.75, 3.05) is 0 Å². The van der Waals surface area contributed by atoms with Crippen molar-refractivity contribution in [3.8, 4) is 0 Å². The first-order valence-electron chi connectivity index (χ1n) is 2.22. The van der Waals surface area contributed by atoms with Gasteiger partial charge in [0, 0.05) is 17.5 Å². The van der Waals surface area contributed by atoms with Gasteiger partial charge in [-0.2, -0.15) is 0 Å². The first-order chi connectivity index (χ1) is 4.18. The van der Waals surface area contributed by atoms with Crippen LogP contribution >= 0.6 is 0 Å². The summed E-state index contributed by atoms with van der Waals surface area (Å²) in [5.41, 5.74) is 0. The molecular weight excluding hydrogens is 237 g/mol.